The number of carbonyl (C=O) groups excluding carboxylic acids is 1. The molecular formula is C20H19NO2. The van der Waals surface area contributed by atoms with Gasteiger partial charge in [-0.25, -0.2) is 0 Å². The Balaban J connectivity index is 1.60. The van der Waals surface area contributed by atoms with Crippen LogP contribution in [0, 0.1) is 0 Å². The van der Waals surface area contributed by atoms with Gasteiger partial charge in [0.25, 0.3) is 0 Å². The number of ether oxygens (including phenoxy) is 1. The van der Waals surface area contributed by atoms with Crippen LogP contribution >= 0.6 is 0 Å². The van der Waals surface area contributed by atoms with Gasteiger partial charge in [0, 0.05) is 0 Å². The van der Waals surface area contributed by atoms with E-state index in [0.29, 0.717) is 6.42 Å². The summed E-state index contributed by atoms with van der Waals surface area (Å²) in [5.41, 5.74) is 7.98. The molecule has 0 saturated heterocycles. The van der Waals surface area contributed by atoms with E-state index in [9.17, 15) is 4.79 Å². The van der Waals surface area contributed by atoms with Crippen LogP contribution in [0.3, 0.4) is 0 Å². The molecular weight excluding hydrogens is 286 g/mol. The van der Waals surface area contributed by atoms with E-state index < -0.39 is 6.04 Å². The molecule has 0 heterocycles. The fourth-order valence-corrected chi connectivity index (χ4v) is 2.54. The van der Waals surface area contributed by atoms with Gasteiger partial charge in [-0.3, -0.25) is 4.79 Å². The minimum absolute atomic E-state index is 0.255. The quantitative estimate of drug-likeness (QED) is 0.735. The molecule has 23 heavy (non-hydrogen) atoms. The molecule has 3 aromatic carbocycles. The van der Waals surface area contributed by atoms with Crippen LogP contribution in [0.4, 0.5) is 0 Å². The largest absolute Gasteiger partial charge is 0.460 e. The highest BCUT2D eigenvalue weighted by molar-refractivity contribution is 5.83. The summed E-state index contributed by atoms with van der Waals surface area (Å²) in [4.78, 5) is 12.0. The summed E-state index contributed by atoms with van der Waals surface area (Å²) in [6.45, 7) is 0.255. The second-order valence-electron chi connectivity index (χ2n) is 5.59. The van der Waals surface area contributed by atoms with E-state index in [1.54, 1.807) is 0 Å². The normalized spacial score (nSPS) is 12.0. The van der Waals surface area contributed by atoms with E-state index in [4.69, 9.17) is 10.5 Å². The number of hydrogen-bond acceptors (Lipinski definition) is 3. The number of nitrogens with two attached hydrogens (primary N) is 1. The lowest BCUT2D eigenvalue weighted by Gasteiger charge is -2.12. The molecule has 0 aliphatic heterocycles. The molecule has 0 spiro atoms. The monoisotopic (exact) mass is 305 g/mol. The summed E-state index contributed by atoms with van der Waals surface area (Å²) in [5, 5.41) is 2.33. The van der Waals surface area contributed by atoms with Crippen molar-refractivity contribution in [1.29, 1.82) is 0 Å². The third-order valence-corrected chi connectivity index (χ3v) is 3.80. The fraction of sp³-hybridized carbons (Fsp3) is 0.150. The second kappa shape index (κ2) is 7.07. The highest BCUT2D eigenvalue weighted by Gasteiger charge is 2.16. The average molecular weight is 305 g/mol. The van der Waals surface area contributed by atoms with Crippen molar-refractivity contribution in [2.75, 3.05) is 0 Å². The Morgan fingerprint density at radius 3 is 2.35 bits per heavy atom. The Kier molecular flexibility index (Phi) is 4.69. The van der Waals surface area contributed by atoms with Crippen LogP contribution in [-0.2, 0) is 22.6 Å². The van der Waals surface area contributed by atoms with Crippen LogP contribution in [0.25, 0.3) is 10.8 Å². The number of hydrogen-bond donors (Lipinski definition) is 1. The molecule has 0 fully saturated rings. The van der Waals surface area contributed by atoms with Gasteiger partial charge in [-0.05, 0) is 28.3 Å². The van der Waals surface area contributed by atoms with Crippen molar-refractivity contribution in [3.05, 3.63) is 83.9 Å². The molecule has 1 atom stereocenters. The maximum Gasteiger partial charge on any atom is 0.323 e. The third-order valence-electron chi connectivity index (χ3n) is 3.80. The molecule has 116 valence electrons. The summed E-state index contributed by atoms with van der Waals surface area (Å²) in [6.07, 6.45) is 0.471. The van der Waals surface area contributed by atoms with Crippen LogP contribution < -0.4 is 5.73 Å². The van der Waals surface area contributed by atoms with Gasteiger partial charge >= 0.3 is 5.97 Å². The van der Waals surface area contributed by atoms with E-state index in [2.05, 4.69) is 18.2 Å². The predicted octanol–water partition coefficient (Wildman–Crippen LogP) is 3.45. The van der Waals surface area contributed by atoms with E-state index >= 15 is 0 Å². The zero-order valence-electron chi connectivity index (χ0n) is 12.8. The summed E-state index contributed by atoms with van der Waals surface area (Å²) in [5.74, 6) is -0.373. The van der Waals surface area contributed by atoms with Crippen LogP contribution in [0.15, 0.2) is 72.8 Å². The van der Waals surface area contributed by atoms with Gasteiger partial charge in [0.2, 0.25) is 0 Å². The van der Waals surface area contributed by atoms with Gasteiger partial charge in [0.15, 0.2) is 0 Å². The zero-order chi connectivity index (χ0) is 16.1. The molecule has 0 amide bonds. The Bertz CT molecular complexity index is 799. The van der Waals surface area contributed by atoms with Crippen molar-refractivity contribution in [2.24, 2.45) is 5.73 Å². The lowest BCUT2D eigenvalue weighted by Crippen LogP contribution is -2.34. The first kappa shape index (κ1) is 15.3. The van der Waals surface area contributed by atoms with Crippen molar-refractivity contribution in [1.82, 2.24) is 0 Å². The SMILES string of the molecule is N[C@@H](Cc1ccc2ccccc2c1)C(=O)OCc1ccccc1. The molecule has 0 saturated carbocycles. The van der Waals surface area contributed by atoms with Gasteiger partial charge in [-0.2, -0.15) is 0 Å². The zero-order valence-corrected chi connectivity index (χ0v) is 12.8. The Morgan fingerprint density at radius 1 is 0.870 bits per heavy atom. The number of carbonyl (C=O) groups is 1. The van der Waals surface area contributed by atoms with E-state index in [0.717, 1.165) is 16.5 Å². The van der Waals surface area contributed by atoms with Crippen molar-refractivity contribution < 1.29 is 9.53 Å². The van der Waals surface area contributed by atoms with Crippen LogP contribution in [0.1, 0.15) is 11.1 Å². The van der Waals surface area contributed by atoms with E-state index in [1.165, 1.54) is 5.39 Å². The summed E-state index contributed by atoms with van der Waals surface area (Å²) >= 11 is 0. The second-order valence-corrected chi connectivity index (χ2v) is 5.59. The highest BCUT2D eigenvalue weighted by Crippen LogP contribution is 2.16. The number of fused-ring (bicyclic) bond motifs is 1. The third kappa shape index (κ3) is 3.96. The average Bonchev–Trinajstić information content (AvgIpc) is 2.60. The van der Waals surface area contributed by atoms with E-state index in [1.807, 2.05) is 54.6 Å². The smallest absolute Gasteiger partial charge is 0.323 e. The molecule has 3 nitrogen and oxygen atoms in total. The molecule has 0 radical (unpaired) electrons. The molecule has 0 aliphatic carbocycles. The highest BCUT2D eigenvalue weighted by atomic mass is 16.5. The van der Waals surface area contributed by atoms with Gasteiger partial charge in [-0.15, -0.1) is 0 Å². The maximum atomic E-state index is 12.0. The number of esters is 1. The standard InChI is InChI=1S/C20H19NO2/c21-19(20(22)23-14-15-6-2-1-3-7-15)13-16-10-11-17-8-4-5-9-18(17)12-16/h1-12,19H,13-14,21H2/t19-/m0/s1. The lowest BCUT2D eigenvalue weighted by atomic mass is 10.0. The minimum atomic E-state index is -0.653. The Hall–Kier alpha value is -2.65. The van der Waals surface area contributed by atoms with Crippen molar-refractivity contribution >= 4 is 16.7 Å². The van der Waals surface area contributed by atoms with Crippen molar-refractivity contribution in [3.8, 4) is 0 Å². The number of rotatable bonds is 5. The molecule has 3 aromatic rings. The van der Waals surface area contributed by atoms with E-state index in [-0.39, 0.29) is 12.6 Å². The minimum Gasteiger partial charge on any atom is -0.460 e. The lowest BCUT2D eigenvalue weighted by molar-refractivity contribution is -0.146. The Morgan fingerprint density at radius 2 is 1.57 bits per heavy atom. The molecule has 0 unspecified atom stereocenters. The van der Waals surface area contributed by atoms with Gasteiger partial charge in [-0.1, -0.05) is 72.8 Å². The van der Waals surface area contributed by atoms with Crippen LogP contribution in [-0.4, -0.2) is 12.0 Å². The molecule has 0 aromatic heterocycles. The summed E-state index contributed by atoms with van der Waals surface area (Å²) in [6, 6.07) is 23.2. The first-order chi connectivity index (χ1) is 11.2. The van der Waals surface area contributed by atoms with Crippen molar-refractivity contribution in [3.63, 3.8) is 0 Å². The summed E-state index contributed by atoms with van der Waals surface area (Å²) < 4.78 is 5.29. The maximum absolute atomic E-state index is 12.0. The molecule has 0 bridgehead atoms. The molecule has 3 rings (SSSR count). The number of benzene rings is 3. The van der Waals surface area contributed by atoms with Crippen LogP contribution in [0.5, 0.6) is 0 Å². The van der Waals surface area contributed by atoms with Gasteiger partial charge < -0.3 is 10.5 Å². The fourth-order valence-electron chi connectivity index (χ4n) is 2.54. The topological polar surface area (TPSA) is 52.3 Å². The summed E-state index contributed by atoms with van der Waals surface area (Å²) in [7, 11) is 0. The Labute approximate surface area is 135 Å². The van der Waals surface area contributed by atoms with Crippen LogP contribution in [0.2, 0.25) is 0 Å². The predicted molar refractivity (Wildman–Crippen MR) is 91.9 cm³/mol. The molecule has 0 aliphatic rings. The van der Waals surface area contributed by atoms with Gasteiger partial charge in [0.05, 0.1) is 0 Å². The van der Waals surface area contributed by atoms with Gasteiger partial charge in [0.1, 0.15) is 12.6 Å². The molecule has 3 heteroatoms. The molecule has 2 N–H and O–H groups in total. The first-order valence-electron chi connectivity index (χ1n) is 7.66. The van der Waals surface area contributed by atoms with Crippen molar-refractivity contribution in [2.45, 2.75) is 19.1 Å². The first-order valence-corrected chi connectivity index (χ1v) is 7.66.